The second-order valence-electron chi connectivity index (χ2n) is 3.40. The summed E-state index contributed by atoms with van der Waals surface area (Å²) in [5.41, 5.74) is 1.59. The highest BCUT2D eigenvalue weighted by atomic mass is 16.1. The number of aromatic amines is 1. The molecule has 0 spiro atoms. The van der Waals surface area contributed by atoms with Crippen molar-refractivity contribution in [2.24, 2.45) is 0 Å². The largest absolute Gasteiger partial charge is 0.290 e. The lowest BCUT2D eigenvalue weighted by atomic mass is 10.2. The van der Waals surface area contributed by atoms with Gasteiger partial charge in [0.2, 0.25) is 0 Å². The van der Waals surface area contributed by atoms with Gasteiger partial charge in [-0.1, -0.05) is 0 Å². The molecule has 0 fully saturated rings. The predicted octanol–water partition coefficient (Wildman–Crippen LogP) is 1.08. The summed E-state index contributed by atoms with van der Waals surface area (Å²) < 4.78 is 1.83. The Morgan fingerprint density at radius 3 is 2.81 bits per heavy atom. The molecule has 0 radical (unpaired) electrons. The zero-order valence-corrected chi connectivity index (χ0v) is 8.29. The van der Waals surface area contributed by atoms with Crippen LogP contribution in [0.15, 0.2) is 47.7 Å². The molecule has 0 aliphatic heterocycles. The molecule has 1 N–H and O–H groups in total. The number of pyridine rings is 2. The minimum atomic E-state index is -0.0371. The maximum Gasteiger partial charge on any atom is 0.183 e. The lowest BCUT2D eigenvalue weighted by molar-refractivity contribution is 1.11. The van der Waals surface area contributed by atoms with Gasteiger partial charge in [-0.25, -0.2) is 0 Å². The standard InChI is InChI=1S/C11H8N4O/c16-9-3-6-15-10(7-9)13-14-11(15)8-1-4-12-5-2-8/h1-7,13H. The van der Waals surface area contributed by atoms with Gasteiger partial charge in [-0.15, -0.1) is 0 Å². The molecule has 5 heteroatoms. The summed E-state index contributed by atoms with van der Waals surface area (Å²) in [5, 5.41) is 7.00. The van der Waals surface area contributed by atoms with Gasteiger partial charge in [0.15, 0.2) is 11.3 Å². The molecule has 3 heterocycles. The molecule has 0 unspecified atom stereocenters. The maximum atomic E-state index is 11.2. The molecule has 78 valence electrons. The van der Waals surface area contributed by atoms with Gasteiger partial charge < -0.3 is 0 Å². The van der Waals surface area contributed by atoms with E-state index in [0.29, 0.717) is 5.65 Å². The van der Waals surface area contributed by atoms with Crippen molar-refractivity contribution in [1.29, 1.82) is 0 Å². The van der Waals surface area contributed by atoms with Gasteiger partial charge in [0.25, 0.3) is 0 Å². The molecule has 3 aromatic heterocycles. The number of hydrogen-bond donors (Lipinski definition) is 1. The lowest BCUT2D eigenvalue weighted by Gasteiger charge is -1.97. The first-order valence-corrected chi connectivity index (χ1v) is 4.82. The summed E-state index contributed by atoms with van der Waals surface area (Å²) in [4.78, 5) is 15.1. The van der Waals surface area contributed by atoms with Crippen molar-refractivity contribution in [3.05, 3.63) is 53.1 Å². The fourth-order valence-corrected chi connectivity index (χ4v) is 1.62. The van der Waals surface area contributed by atoms with Crippen molar-refractivity contribution < 1.29 is 0 Å². The van der Waals surface area contributed by atoms with Crippen LogP contribution in [-0.2, 0) is 0 Å². The zero-order chi connectivity index (χ0) is 11.0. The number of nitrogens with zero attached hydrogens (tertiary/aromatic N) is 3. The van der Waals surface area contributed by atoms with E-state index in [-0.39, 0.29) is 5.43 Å². The molecule has 0 bridgehead atoms. The van der Waals surface area contributed by atoms with Crippen molar-refractivity contribution >= 4 is 5.65 Å². The number of nitrogens with one attached hydrogen (secondary N) is 1. The normalized spacial score (nSPS) is 10.8. The number of fused-ring (bicyclic) bond motifs is 1. The summed E-state index contributed by atoms with van der Waals surface area (Å²) in [5.74, 6) is 0.761. The van der Waals surface area contributed by atoms with Gasteiger partial charge in [-0.2, -0.15) is 5.10 Å². The van der Waals surface area contributed by atoms with Crippen molar-refractivity contribution in [3.63, 3.8) is 0 Å². The van der Waals surface area contributed by atoms with Crippen LogP contribution in [0, 0.1) is 0 Å². The van der Waals surface area contributed by atoms with E-state index in [1.165, 1.54) is 12.1 Å². The topological polar surface area (TPSA) is 63.1 Å². The minimum Gasteiger partial charge on any atom is -0.290 e. The first-order valence-electron chi connectivity index (χ1n) is 4.82. The van der Waals surface area contributed by atoms with Crippen molar-refractivity contribution in [1.82, 2.24) is 19.6 Å². The minimum absolute atomic E-state index is 0.0371. The molecule has 0 saturated heterocycles. The van der Waals surface area contributed by atoms with E-state index in [0.717, 1.165) is 11.4 Å². The summed E-state index contributed by atoms with van der Waals surface area (Å²) >= 11 is 0. The van der Waals surface area contributed by atoms with E-state index in [9.17, 15) is 4.79 Å². The molecule has 0 aromatic carbocycles. The number of rotatable bonds is 1. The Kier molecular flexibility index (Phi) is 1.83. The van der Waals surface area contributed by atoms with Crippen LogP contribution in [0.2, 0.25) is 0 Å². The Hall–Kier alpha value is -2.43. The Morgan fingerprint density at radius 1 is 1.19 bits per heavy atom. The van der Waals surface area contributed by atoms with E-state index < -0.39 is 0 Å². The van der Waals surface area contributed by atoms with E-state index in [2.05, 4.69) is 15.2 Å². The highest BCUT2D eigenvalue weighted by Gasteiger charge is 2.05. The van der Waals surface area contributed by atoms with Crippen LogP contribution in [0.25, 0.3) is 17.0 Å². The third-order valence-corrected chi connectivity index (χ3v) is 2.37. The van der Waals surface area contributed by atoms with Crippen molar-refractivity contribution in [2.75, 3.05) is 0 Å². The fourth-order valence-electron chi connectivity index (χ4n) is 1.62. The summed E-state index contributed by atoms with van der Waals surface area (Å²) in [7, 11) is 0. The van der Waals surface area contributed by atoms with E-state index >= 15 is 0 Å². The highest BCUT2D eigenvalue weighted by molar-refractivity contribution is 5.58. The van der Waals surface area contributed by atoms with Crippen molar-refractivity contribution in [3.8, 4) is 11.4 Å². The van der Waals surface area contributed by atoms with Crippen LogP contribution in [-0.4, -0.2) is 19.6 Å². The van der Waals surface area contributed by atoms with Crippen LogP contribution in [0.3, 0.4) is 0 Å². The summed E-state index contributed by atoms with van der Waals surface area (Å²) in [6.07, 6.45) is 5.12. The Bertz CT molecular complexity index is 684. The molecule has 3 rings (SSSR count). The number of hydrogen-bond acceptors (Lipinski definition) is 3. The second-order valence-corrected chi connectivity index (χ2v) is 3.40. The molecule has 0 amide bonds. The molecule has 0 aliphatic rings. The van der Waals surface area contributed by atoms with E-state index in [4.69, 9.17) is 0 Å². The monoisotopic (exact) mass is 212 g/mol. The number of H-pyrrole nitrogens is 1. The van der Waals surface area contributed by atoms with Gasteiger partial charge in [0, 0.05) is 36.3 Å². The smallest absolute Gasteiger partial charge is 0.183 e. The first-order chi connectivity index (χ1) is 7.84. The molecule has 0 saturated carbocycles. The van der Waals surface area contributed by atoms with Crippen LogP contribution < -0.4 is 5.43 Å². The second kappa shape index (κ2) is 3.30. The van der Waals surface area contributed by atoms with Gasteiger partial charge in [0.1, 0.15) is 5.65 Å². The maximum absolute atomic E-state index is 11.2. The van der Waals surface area contributed by atoms with Crippen LogP contribution in [0.1, 0.15) is 0 Å². The zero-order valence-electron chi connectivity index (χ0n) is 8.29. The Morgan fingerprint density at radius 2 is 2.00 bits per heavy atom. The van der Waals surface area contributed by atoms with Gasteiger partial charge >= 0.3 is 0 Å². The molecule has 5 nitrogen and oxygen atoms in total. The van der Waals surface area contributed by atoms with Crippen LogP contribution in [0.4, 0.5) is 0 Å². The molecular weight excluding hydrogens is 204 g/mol. The molecule has 16 heavy (non-hydrogen) atoms. The molecule has 0 atom stereocenters. The Balaban J connectivity index is 2.30. The van der Waals surface area contributed by atoms with Gasteiger partial charge in [0.05, 0.1) is 0 Å². The van der Waals surface area contributed by atoms with Crippen molar-refractivity contribution in [2.45, 2.75) is 0 Å². The van der Waals surface area contributed by atoms with Gasteiger partial charge in [-0.3, -0.25) is 19.3 Å². The summed E-state index contributed by atoms with van der Waals surface area (Å²) in [6, 6.07) is 6.76. The fraction of sp³-hybridized carbons (Fsp3) is 0. The number of aromatic nitrogens is 4. The third-order valence-electron chi connectivity index (χ3n) is 2.37. The molecule has 0 aliphatic carbocycles. The molecular formula is C11H8N4O. The van der Waals surface area contributed by atoms with Crippen LogP contribution in [0.5, 0.6) is 0 Å². The Labute approximate surface area is 90.4 Å². The van der Waals surface area contributed by atoms with Gasteiger partial charge in [-0.05, 0) is 12.1 Å². The summed E-state index contributed by atoms with van der Waals surface area (Å²) in [6.45, 7) is 0. The third kappa shape index (κ3) is 1.30. The highest BCUT2D eigenvalue weighted by Crippen LogP contribution is 2.15. The SMILES string of the molecule is O=c1ccn2c(-c3ccncc3)n[nH]c2c1. The van der Waals surface area contributed by atoms with E-state index in [1.807, 2.05) is 16.5 Å². The predicted molar refractivity (Wildman–Crippen MR) is 59.0 cm³/mol. The quantitative estimate of drug-likeness (QED) is 0.656. The average Bonchev–Trinajstić information content (AvgIpc) is 2.73. The first kappa shape index (κ1) is 8.84. The average molecular weight is 212 g/mol. The van der Waals surface area contributed by atoms with E-state index in [1.54, 1.807) is 18.6 Å². The lowest BCUT2D eigenvalue weighted by Crippen LogP contribution is -1.99. The molecule has 3 aromatic rings. The van der Waals surface area contributed by atoms with Crippen LogP contribution >= 0.6 is 0 Å².